The average molecular weight is 337 g/mol. The van der Waals surface area contributed by atoms with E-state index in [4.69, 9.17) is 0 Å². The molecule has 0 bridgehead atoms. The maximum atomic E-state index is 12.5. The maximum absolute atomic E-state index is 12.5. The van der Waals surface area contributed by atoms with Gasteiger partial charge in [0, 0.05) is 11.3 Å². The number of nitrogens with zero attached hydrogens (tertiary/aromatic N) is 3. The van der Waals surface area contributed by atoms with Crippen LogP contribution >= 0.6 is 0 Å². The highest BCUT2D eigenvalue weighted by Gasteiger charge is 2.38. The minimum atomic E-state index is -4.66. The lowest BCUT2D eigenvalue weighted by molar-refractivity contribution is -0.159. The van der Waals surface area contributed by atoms with E-state index in [9.17, 15) is 18.0 Å². The van der Waals surface area contributed by atoms with Gasteiger partial charge in [-0.25, -0.2) is 0 Å². The van der Waals surface area contributed by atoms with Gasteiger partial charge in [-0.15, -0.1) is 0 Å². The number of halogens is 3. The van der Waals surface area contributed by atoms with Gasteiger partial charge in [0.1, 0.15) is 0 Å². The van der Waals surface area contributed by atoms with Crippen LogP contribution in [0.1, 0.15) is 25.3 Å². The smallest absolute Gasteiger partial charge is 0.329 e. The molecule has 1 aromatic heterocycles. The van der Waals surface area contributed by atoms with E-state index in [0.717, 1.165) is 11.3 Å². The Balaban J connectivity index is 1.76. The quantitative estimate of drug-likeness (QED) is 0.858. The van der Waals surface area contributed by atoms with E-state index in [1.807, 2.05) is 19.9 Å². The third-order valence-corrected chi connectivity index (χ3v) is 3.79. The highest BCUT2D eigenvalue weighted by Crippen LogP contribution is 2.29. The lowest BCUT2D eigenvalue weighted by Crippen LogP contribution is -2.26. The van der Waals surface area contributed by atoms with Gasteiger partial charge in [-0.3, -0.25) is 4.79 Å². The Morgan fingerprint density at radius 1 is 1.25 bits per heavy atom. The number of rotatable bonds is 3. The zero-order chi connectivity index (χ0) is 17.5. The number of hydrogen-bond donors (Lipinski definition) is 0. The summed E-state index contributed by atoms with van der Waals surface area (Å²) in [5.74, 6) is -1.61. The molecule has 0 spiro atoms. The summed E-state index contributed by atoms with van der Waals surface area (Å²) in [5, 5.41) is 3.34. The fourth-order valence-corrected chi connectivity index (χ4v) is 2.54. The molecular weight excluding hydrogens is 323 g/mol. The van der Waals surface area contributed by atoms with E-state index < -0.39 is 12.1 Å². The Bertz CT molecular complexity index is 794. The second-order valence-corrected chi connectivity index (χ2v) is 5.64. The minimum Gasteiger partial charge on any atom is -0.329 e. The van der Waals surface area contributed by atoms with E-state index in [2.05, 4.69) is 14.7 Å². The summed E-state index contributed by atoms with van der Waals surface area (Å²) in [5.41, 5.74) is 2.16. The molecule has 1 amide bonds. The minimum absolute atomic E-state index is 0.0320. The van der Waals surface area contributed by atoms with Crippen LogP contribution in [0, 0.1) is 5.92 Å². The Hall–Kier alpha value is -2.64. The van der Waals surface area contributed by atoms with Crippen LogP contribution in [-0.4, -0.2) is 20.9 Å². The first-order valence-corrected chi connectivity index (χ1v) is 7.25. The molecule has 8 heteroatoms. The molecule has 0 saturated carbocycles. The molecule has 1 aliphatic rings. The summed E-state index contributed by atoms with van der Waals surface area (Å²) >= 11 is 0. The second kappa shape index (κ2) is 5.77. The summed E-state index contributed by atoms with van der Waals surface area (Å²) < 4.78 is 41.6. The number of carbonyl (C=O) groups excluding carboxylic acids is 1. The third-order valence-electron chi connectivity index (χ3n) is 3.79. The van der Waals surface area contributed by atoms with E-state index in [-0.39, 0.29) is 17.6 Å². The van der Waals surface area contributed by atoms with Crippen LogP contribution in [0.2, 0.25) is 0 Å². The summed E-state index contributed by atoms with van der Waals surface area (Å²) in [7, 11) is 0. The zero-order valence-electron chi connectivity index (χ0n) is 13.0. The summed E-state index contributed by atoms with van der Waals surface area (Å²) in [6.07, 6.45) is -2.77. The molecule has 0 fully saturated rings. The molecule has 126 valence electrons. The van der Waals surface area contributed by atoms with Gasteiger partial charge in [-0.2, -0.15) is 18.2 Å². The van der Waals surface area contributed by atoms with Gasteiger partial charge in [-0.05, 0) is 12.5 Å². The van der Waals surface area contributed by atoms with Gasteiger partial charge in [0.05, 0.1) is 12.5 Å². The standard InChI is InChI=1S/C16H14F3N3O2/c1-9-7-10(2)22(14(9)23)8-11-3-5-12(6-4-11)13-20-15(24-21-13)16(17,18)19/h3-7,9H,8H2,1-2H3. The highest BCUT2D eigenvalue weighted by atomic mass is 19.4. The number of carbonyl (C=O) groups is 1. The molecule has 2 aromatic rings. The van der Waals surface area contributed by atoms with E-state index >= 15 is 0 Å². The number of hydrogen-bond acceptors (Lipinski definition) is 4. The van der Waals surface area contributed by atoms with Crippen LogP contribution in [0.3, 0.4) is 0 Å². The number of amides is 1. The first-order chi connectivity index (χ1) is 11.3. The van der Waals surface area contributed by atoms with Crippen LogP contribution in [0.15, 0.2) is 40.6 Å². The second-order valence-electron chi connectivity index (χ2n) is 5.64. The SMILES string of the molecule is CC1=CC(C)C(=O)N1Cc1ccc(-c2noc(C(F)(F)F)n2)cc1. The number of alkyl halides is 3. The monoisotopic (exact) mass is 337 g/mol. The first-order valence-electron chi connectivity index (χ1n) is 7.25. The fourth-order valence-electron chi connectivity index (χ4n) is 2.54. The third kappa shape index (κ3) is 3.04. The van der Waals surface area contributed by atoms with Crippen molar-refractivity contribution in [1.82, 2.24) is 15.0 Å². The van der Waals surface area contributed by atoms with Crippen LogP contribution in [0.5, 0.6) is 0 Å². The molecule has 0 N–H and O–H groups in total. The van der Waals surface area contributed by atoms with Crippen molar-refractivity contribution < 1.29 is 22.5 Å². The first kappa shape index (κ1) is 16.2. The normalized spacial score (nSPS) is 18.2. The predicted molar refractivity (Wildman–Crippen MR) is 78.2 cm³/mol. The highest BCUT2D eigenvalue weighted by molar-refractivity contribution is 5.84. The molecule has 0 saturated heterocycles. The average Bonchev–Trinajstić information content (AvgIpc) is 3.10. The van der Waals surface area contributed by atoms with Crippen LogP contribution in [0.25, 0.3) is 11.4 Å². The molecule has 24 heavy (non-hydrogen) atoms. The van der Waals surface area contributed by atoms with Gasteiger partial charge < -0.3 is 9.42 Å². The molecule has 5 nitrogen and oxygen atoms in total. The molecule has 0 aliphatic carbocycles. The molecule has 1 atom stereocenters. The zero-order valence-corrected chi connectivity index (χ0v) is 13.0. The molecule has 3 rings (SSSR count). The summed E-state index contributed by atoms with van der Waals surface area (Å²) in [6.45, 7) is 4.11. The Morgan fingerprint density at radius 3 is 2.42 bits per heavy atom. The molecule has 0 radical (unpaired) electrons. The predicted octanol–water partition coefficient (Wildman–Crippen LogP) is 3.64. The van der Waals surface area contributed by atoms with Crippen molar-refractivity contribution in [2.24, 2.45) is 5.92 Å². The Kier molecular flexibility index (Phi) is 3.90. The lowest BCUT2D eigenvalue weighted by Gasteiger charge is -2.19. The van der Waals surface area contributed by atoms with E-state index in [1.165, 1.54) is 0 Å². The van der Waals surface area contributed by atoms with Gasteiger partial charge in [0.25, 0.3) is 0 Å². The van der Waals surface area contributed by atoms with Gasteiger partial charge in [0.15, 0.2) is 0 Å². The van der Waals surface area contributed by atoms with E-state index in [0.29, 0.717) is 12.1 Å². The van der Waals surface area contributed by atoms with E-state index in [1.54, 1.807) is 29.2 Å². The van der Waals surface area contributed by atoms with Crippen molar-refractivity contribution in [1.29, 1.82) is 0 Å². The number of aromatic nitrogens is 2. The largest absolute Gasteiger partial charge is 0.471 e. The molecule has 2 heterocycles. The van der Waals surface area contributed by atoms with Crippen molar-refractivity contribution >= 4 is 5.91 Å². The summed E-state index contributed by atoms with van der Waals surface area (Å²) in [4.78, 5) is 17.1. The number of allylic oxidation sites excluding steroid dienone is 1. The van der Waals surface area contributed by atoms with Crippen molar-refractivity contribution in [2.45, 2.75) is 26.6 Å². The van der Waals surface area contributed by atoms with Gasteiger partial charge in [0.2, 0.25) is 11.7 Å². The topological polar surface area (TPSA) is 59.2 Å². The Labute approximate surface area is 135 Å². The molecule has 1 aromatic carbocycles. The van der Waals surface area contributed by atoms with Crippen molar-refractivity contribution in [3.8, 4) is 11.4 Å². The van der Waals surface area contributed by atoms with Crippen LogP contribution < -0.4 is 0 Å². The Morgan fingerprint density at radius 2 is 1.92 bits per heavy atom. The number of benzene rings is 1. The molecule has 1 unspecified atom stereocenters. The van der Waals surface area contributed by atoms with Crippen molar-refractivity contribution in [2.75, 3.05) is 0 Å². The van der Waals surface area contributed by atoms with Crippen LogP contribution in [0.4, 0.5) is 13.2 Å². The van der Waals surface area contributed by atoms with Crippen LogP contribution in [-0.2, 0) is 17.5 Å². The fraction of sp³-hybridized carbons (Fsp3) is 0.312. The summed E-state index contributed by atoms with van der Waals surface area (Å²) in [6, 6.07) is 6.65. The van der Waals surface area contributed by atoms with Crippen molar-refractivity contribution in [3.63, 3.8) is 0 Å². The van der Waals surface area contributed by atoms with Crippen molar-refractivity contribution in [3.05, 3.63) is 47.5 Å². The molecule has 1 aliphatic heterocycles. The van der Waals surface area contributed by atoms with Gasteiger partial charge in [-0.1, -0.05) is 42.4 Å². The lowest BCUT2D eigenvalue weighted by atomic mass is 10.1. The van der Waals surface area contributed by atoms with Gasteiger partial charge >= 0.3 is 12.1 Å². The maximum Gasteiger partial charge on any atom is 0.471 e. The molecular formula is C16H14F3N3O2.